The molecule has 0 bridgehead atoms. The van der Waals surface area contributed by atoms with Crippen molar-refractivity contribution in [1.29, 1.82) is 0 Å². The number of Topliss-reactive ketones (excluding diaryl/α,β-unsaturated/α-hetero) is 4. The minimum Gasteiger partial charge on any atom is -0.462 e. The maximum absolute atomic E-state index is 12.4. The summed E-state index contributed by atoms with van der Waals surface area (Å²) in [5.74, 6) is 7.28. The molecule has 0 amide bonds. The maximum Gasteiger partial charge on any atom is 0.306 e. The third-order valence-electron chi connectivity index (χ3n) is 34.5. The van der Waals surface area contributed by atoms with E-state index in [1.54, 1.807) is 27.7 Å². The van der Waals surface area contributed by atoms with Crippen molar-refractivity contribution in [3.05, 3.63) is 0 Å². The largest absolute Gasteiger partial charge is 0.462 e. The molecule has 12 aliphatic rings. The molecule has 12 aliphatic carbocycles. The summed E-state index contributed by atoms with van der Waals surface area (Å²) in [6.07, 6.45) is 26.1. The topological polar surface area (TPSA) is 261 Å². The van der Waals surface area contributed by atoms with E-state index in [1.165, 1.54) is 0 Å². The van der Waals surface area contributed by atoms with E-state index in [4.69, 9.17) is 18.9 Å². The van der Waals surface area contributed by atoms with Gasteiger partial charge in [0.25, 0.3) is 0 Å². The minimum atomic E-state index is -0.398. The average molecular weight is 1920 g/mol. The predicted octanol–water partition coefficient (Wildman–Crippen LogP) is 15.6. The fraction of sp³-hybridized carbons (Fsp3) is 0.933. The number of aliphatic hydroxyl groups is 6. The van der Waals surface area contributed by atoms with Gasteiger partial charge in [-0.3, -0.25) is 9.59 Å². The molecule has 12 rings (SSSR count). The number of carbonyl (C=O) groups is 6. The predicted molar refractivity (Wildman–Crippen MR) is 407 cm³/mol. The first-order valence-corrected chi connectivity index (χ1v) is 42.9. The number of carbonyl (C=O) groups excluding carboxylic acids is 6. The number of ether oxygens (including phenoxy) is 4. The van der Waals surface area contributed by atoms with Gasteiger partial charge in [-0.25, -0.2) is 0 Å². The normalized spacial score (nSPS) is 43.9. The second-order valence-corrected chi connectivity index (χ2v) is 39.9. The van der Waals surface area contributed by atoms with E-state index in [2.05, 4.69) is 62.3 Å². The van der Waals surface area contributed by atoms with Crippen LogP contribution in [0.3, 0.4) is 0 Å². The Hall–Kier alpha value is 2.82. The average Bonchev–Trinajstić information content (AvgIpc) is 1.34. The Balaban J connectivity index is 0.000000291. The van der Waals surface area contributed by atoms with Crippen LogP contribution in [0.4, 0.5) is 0 Å². The number of hydrogen-bond acceptors (Lipinski definition) is 16. The van der Waals surface area contributed by atoms with E-state index in [0.29, 0.717) is 140 Å². The fourth-order valence-electron chi connectivity index (χ4n) is 28.4. The van der Waals surface area contributed by atoms with Crippen LogP contribution in [-0.4, -0.2) is 141 Å². The SMILES string of the molecule is CC(=O)CCCC(=O)O[C@H]1CC[C@@]2(C)[C@@H](C1)C[C@H](O)[C@@H]1[C@@H]2C[C@H](O)[C@]2(C)[C@@H](C(C)CCC(C)=O)CC[C@@H]12.CO[C@H]1CC[C@@]2(C)[C@@H](C1)C[C@H](O)[C@@H]1[C@@H]2C[C@H](O)[C@]2(C)[C@@H](C(C)CC[C@H](C)O)CC[C@@H]12.CO[C@H]1C[C@@H]2C[C@@H](OC(=O)CCCC(C)=O)CC[C@]2(C)[C@H]2C[C@H](O)[C@]3(C)[C@@H](C(C)CCC(C)=O)CC[C@H]3[C@H]12.[Y].[Y].[Y].[Y].[Y]. The first-order valence-electron chi connectivity index (χ1n) is 42.9. The Kier molecular flexibility index (Phi) is 40.8. The molecule has 0 aliphatic heterocycles. The van der Waals surface area contributed by atoms with Gasteiger partial charge < -0.3 is 68.8 Å². The molecule has 3 unspecified atom stereocenters. The Morgan fingerprint density at radius 2 is 0.682 bits per heavy atom. The standard InChI is InChI=1S/C32H52O6.C31H50O6.C26H46O4.5Y/c1-19(10-11-21(3)34)24-12-13-25-30-26(18-28(35)32(24,25)5)31(4)15-14-23(16-22(31)17-27(30)37-6)38-29(36)9-7-8-20(2)33;1-18(9-10-20(3)33)23-11-12-24-29-25(17-27(35)31(23,24)5)30(4)14-13-22(15-21(30)16-26(29)34)37-28(36)8-6-7-19(2)32;1-15(6-7-16(2)27)19-8-9-20-24-21(14-23(29)26(19,20)4)25(3)11-10-18(30-5)12-17(25)13-22(24)28;;;;;/h19,22-28,30,35H,7-18H2,1-6H3;18,21-27,29,34-35H,6-17H2,1-5H3;15-24,27-29H,6-14H2,1-5H3;;;;;/t19?,22-,23-,24+,25-,26-,27-,28-,30-,31-,32+;18?,21-,22-,23+,24-,25-,26-,27-,29-,30-,31+;15?,16-,17-,18-,19+,20-,21-,22-,23-,24-,25-,26+;;;;;/m000...../s1. The summed E-state index contributed by atoms with van der Waals surface area (Å²) < 4.78 is 23.7. The van der Waals surface area contributed by atoms with Crippen LogP contribution in [0.5, 0.6) is 0 Å². The molecule has 12 saturated carbocycles. The Morgan fingerprint density at radius 1 is 0.364 bits per heavy atom. The summed E-state index contributed by atoms with van der Waals surface area (Å²) in [5.41, 5.74) is -0.0947. The quantitative estimate of drug-likeness (QED) is 0.0491. The van der Waals surface area contributed by atoms with E-state index in [1.807, 2.05) is 21.1 Å². The van der Waals surface area contributed by atoms with Crippen molar-refractivity contribution in [2.75, 3.05) is 14.2 Å². The van der Waals surface area contributed by atoms with Crippen LogP contribution in [0.2, 0.25) is 0 Å². The van der Waals surface area contributed by atoms with Gasteiger partial charge in [0, 0.05) is 216 Å². The van der Waals surface area contributed by atoms with Gasteiger partial charge in [-0.1, -0.05) is 62.3 Å². The van der Waals surface area contributed by atoms with Crippen molar-refractivity contribution < 1.29 is 242 Å². The molecule has 21 heteroatoms. The van der Waals surface area contributed by atoms with Crippen molar-refractivity contribution in [1.82, 2.24) is 0 Å². The van der Waals surface area contributed by atoms with E-state index in [9.17, 15) is 59.4 Å². The summed E-state index contributed by atoms with van der Waals surface area (Å²) >= 11 is 0. The summed E-state index contributed by atoms with van der Waals surface area (Å²) in [5, 5.41) is 67.9. The molecule has 12 fully saturated rings. The van der Waals surface area contributed by atoms with Crippen molar-refractivity contribution in [2.24, 2.45) is 139 Å². The third-order valence-corrected chi connectivity index (χ3v) is 34.5. The molecule has 615 valence electrons. The molecular weight excluding hydrogens is 1770 g/mol. The Morgan fingerprint density at radius 3 is 1.02 bits per heavy atom. The summed E-state index contributed by atoms with van der Waals surface area (Å²) in [6, 6.07) is 0. The van der Waals surface area contributed by atoms with Crippen LogP contribution in [0.15, 0.2) is 0 Å². The molecule has 0 spiro atoms. The monoisotopic (exact) mass is 1920 g/mol. The maximum atomic E-state index is 12.4. The first kappa shape index (κ1) is 103. The van der Waals surface area contributed by atoms with Gasteiger partial charge in [-0.2, -0.15) is 0 Å². The van der Waals surface area contributed by atoms with Crippen LogP contribution in [0, 0.1) is 139 Å². The first-order chi connectivity index (χ1) is 49.4. The van der Waals surface area contributed by atoms with E-state index in [0.717, 1.165) is 161 Å². The molecule has 0 aromatic rings. The number of ketones is 4. The number of methoxy groups -OCH3 is 2. The number of esters is 2. The molecule has 0 heterocycles. The zero-order valence-electron chi connectivity index (χ0n) is 71.2. The Bertz CT molecular complexity index is 3000. The smallest absolute Gasteiger partial charge is 0.306 e. The van der Waals surface area contributed by atoms with E-state index in [-0.39, 0.29) is 298 Å². The van der Waals surface area contributed by atoms with Crippen LogP contribution >= 0.6 is 0 Å². The number of fused-ring (bicyclic) bond motifs is 15. The summed E-state index contributed by atoms with van der Waals surface area (Å²) in [7, 11) is 3.67. The molecule has 0 aromatic carbocycles. The summed E-state index contributed by atoms with van der Waals surface area (Å²) in [4.78, 5) is 70.5. The van der Waals surface area contributed by atoms with Gasteiger partial charge >= 0.3 is 11.9 Å². The third kappa shape index (κ3) is 21.6. The molecule has 34 atom stereocenters. The van der Waals surface area contributed by atoms with E-state index >= 15 is 0 Å². The molecule has 0 saturated heterocycles. The van der Waals surface area contributed by atoms with Crippen molar-refractivity contribution >= 4 is 35.1 Å². The molecular formula is C89H148O16Y5. The fourth-order valence-corrected chi connectivity index (χ4v) is 28.4. The molecule has 6 N–H and O–H groups in total. The number of aliphatic hydroxyl groups excluding tert-OH is 6. The molecule has 110 heavy (non-hydrogen) atoms. The van der Waals surface area contributed by atoms with Gasteiger partial charge in [0.15, 0.2) is 0 Å². The molecule has 0 aromatic heterocycles. The molecule has 5 radical (unpaired) electrons. The zero-order chi connectivity index (χ0) is 76.8. The van der Waals surface area contributed by atoms with Gasteiger partial charge in [0.05, 0.1) is 48.8 Å². The van der Waals surface area contributed by atoms with Gasteiger partial charge in [-0.15, -0.1) is 0 Å². The Labute approximate surface area is 790 Å². The van der Waals surface area contributed by atoms with Crippen molar-refractivity contribution in [3.63, 3.8) is 0 Å². The van der Waals surface area contributed by atoms with Crippen LogP contribution in [0.1, 0.15) is 309 Å². The second-order valence-electron chi connectivity index (χ2n) is 39.9. The van der Waals surface area contributed by atoms with Gasteiger partial charge in [-0.05, 0) is 347 Å². The van der Waals surface area contributed by atoms with Crippen LogP contribution < -0.4 is 0 Å². The van der Waals surface area contributed by atoms with Gasteiger partial charge in [0.2, 0.25) is 0 Å². The zero-order valence-corrected chi connectivity index (χ0v) is 85.3. The van der Waals surface area contributed by atoms with Crippen molar-refractivity contribution in [2.45, 2.75) is 370 Å². The number of rotatable bonds is 24. The van der Waals surface area contributed by atoms with Crippen LogP contribution in [-0.2, 0) is 211 Å². The number of hydrogen-bond donors (Lipinski definition) is 6. The molecule has 16 nitrogen and oxygen atoms in total. The van der Waals surface area contributed by atoms with Crippen LogP contribution in [0.25, 0.3) is 0 Å². The van der Waals surface area contributed by atoms with Gasteiger partial charge in [0.1, 0.15) is 35.3 Å². The second kappa shape index (κ2) is 43.4. The summed E-state index contributed by atoms with van der Waals surface area (Å²) in [6.45, 7) is 29.4. The van der Waals surface area contributed by atoms with Crippen molar-refractivity contribution in [3.8, 4) is 0 Å². The van der Waals surface area contributed by atoms with E-state index < -0.39 is 12.2 Å². The minimum absolute atomic E-state index is 0.